The number of nitro groups is 1. The van der Waals surface area contributed by atoms with E-state index in [4.69, 9.17) is 0 Å². The van der Waals surface area contributed by atoms with E-state index in [1.54, 1.807) is 30.3 Å². The van der Waals surface area contributed by atoms with E-state index in [2.05, 4.69) is 17.3 Å². The maximum atomic E-state index is 12.5. The van der Waals surface area contributed by atoms with Gasteiger partial charge in [0.2, 0.25) is 0 Å². The highest BCUT2D eigenvalue weighted by atomic mass is 16.6. The smallest absolute Gasteiger partial charge is 0.271 e. The van der Waals surface area contributed by atoms with Crippen molar-refractivity contribution in [3.8, 4) is 0 Å². The van der Waals surface area contributed by atoms with Crippen LogP contribution in [0, 0.1) is 10.1 Å². The van der Waals surface area contributed by atoms with Crippen LogP contribution in [-0.4, -0.2) is 44.1 Å². The van der Waals surface area contributed by atoms with Gasteiger partial charge in [-0.1, -0.05) is 18.2 Å². The van der Waals surface area contributed by atoms with Gasteiger partial charge in [-0.3, -0.25) is 14.9 Å². The molecule has 3 rings (SSSR count). The summed E-state index contributed by atoms with van der Waals surface area (Å²) in [5.41, 5.74) is 1.78. The third kappa shape index (κ3) is 3.95. The molecule has 130 valence electrons. The molecule has 0 aromatic heterocycles. The number of nitro benzene ring substituents is 1. The molecule has 0 radical (unpaired) electrons. The van der Waals surface area contributed by atoms with E-state index in [0.29, 0.717) is 11.3 Å². The highest BCUT2D eigenvalue weighted by Crippen LogP contribution is 2.30. The Morgan fingerprint density at radius 3 is 2.48 bits per heavy atom. The minimum atomic E-state index is -0.448. The number of amides is 1. The van der Waals surface area contributed by atoms with Crippen molar-refractivity contribution in [1.82, 2.24) is 0 Å². The van der Waals surface area contributed by atoms with Crippen LogP contribution < -0.4 is 15.1 Å². The SMILES string of the molecule is C[NH+]1CCN(c2ccc([N+](=O)[O-])cc2NC(=O)c2ccccc2)CC1. The molecule has 1 amide bonds. The minimum Gasteiger partial charge on any atom is -0.359 e. The van der Waals surface area contributed by atoms with Gasteiger partial charge in [0.1, 0.15) is 0 Å². The number of piperazine rings is 1. The zero-order valence-electron chi connectivity index (χ0n) is 14.1. The van der Waals surface area contributed by atoms with Gasteiger partial charge in [0.25, 0.3) is 11.6 Å². The molecule has 7 heteroatoms. The molecule has 1 heterocycles. The van der Waals surface area contributed by atoms with Gasteiger partial charge in [-0.25, -0.2) is 0 Å². The number of rotatable bonds is 4. The van der Waals surface area contributed by atoms with Crippen molar-refractivity contribution in [3.63, 3.8) is 0 Å². The highest BCUT2D eigenvalue weighted by Gasteiger charge is 2.22. The van der Waals surface area contributed by atoms with Crippen LogP contribution in [0.3, 0.4) is 0 Å². The van der Waals surface area contributed by atoms with E-state index in [9.17, 15) is 14.9 Å². The van der Waals surface area contributed by atoms with Gasteiger partial charge in [0.05, 0.1) is 49.5 Å². The van der Waals surface area contributed by atoms with Crippen molar-refractivity contribution in [2.24, 2.45) is 0 Å². The van der Waals surface area contributed by atoms with Crippen LogP contribution in [0.4, 0.5) is 17.1 Å². The van der Waals surface area contributed by atoms with Crippen molar-refractivity contribution < 1.29 is 14.6 Å². The van der Waals surface area contributed by atoms with Gasteiger partial charge in [-0.2, -0.15) is 0 Å². The number of benzene rings is 2. The first-order chi connectivity index (χ1) is 12.0. The molecule has 1 saturated heterocycles. The third-order valence-electron chi connectivity index (χ3n) is 4.43. The Morgan fingerprint density at radius 1 is 1.16 bits per heavy atom. The number of carbonyl (C=O) groups excluding carboxylic acids is 1. The lowest BCUT2D eigenvalue weighted by Crippen LogP contribution is -3.12. The number of hydrogen-bond acceptors (Lipinski definition) is 4. The van der Waals surface area contributed by atoms with Crippen molar-refractivity contribution >= 4 is 23.0 Å². The van der Waals surface area contributed by atoms with Crippen LogP contribution in [0.15, 0.2) is 48.5 Å². The molecule has 2 N–H and O–H groups in total. The first kappa shape index (κ1) is 16.9. The van der Waals surface area contributed by atoms with Crippen LogP contribution in [0.25, 0.3) is 0 Å². The summed E-state index contributed by atoms with van der Waals surface area (Å²) < 4.78 is 0. The van der Waals surface area contributed by atoms with Crippen molar-refractivity contribution in [2.75, 3.05) is 43.4 Å². The fourth-order valence-corrected chi connectivity index (χ4v) is 2.93. The molecule has 0 saturated carbocycles. The summed E-state index contributed by atoms with van der Waals surface area (Å²) >= 11 is 0. The Balaban J connectivity index is 1.90. The maximum Gasteiger partial charge on any atom is 0.271 e. The molecule has 0 aliphatic carbocycles. The first-order valence-electron chi connectivity index (χ1n) is 8.25. The normalized spacial score (nSPS) is 15.0. The number of quaternary nitrogens is 1. The van der Waals surface area contributed by atoms with Crippen LogP contribution in [0.2, 0.25) is 0 Å². The van der Waals surface area contributed by atoms with Gasteiger partial charge in [0, 0.05) is 17.7 Å². The van der Waals surface area contributed by atoms with Crippen molar-refractivity contribution in [2.45, 2.75) is 0 Å². The van der Waals surface area contributed by atoms with Crippen molar-refractivity contribution in [3.05, 3.63) is 64.2 Å². The fourth-order valence-electron chi connectivity index (χ4n) is 2.93. The molecule has 1 aliphatic rings. The van der Waals surface area contributed by atoms with Crippen LogP contribution in [0.1, 0.15) is 10.4 Å². The Bertz CT molecular complexity index is 771. The lowest BCUT2D eigenvalue weighted by Gasteiger charge is -2.32. The summed E-state index contributed by atoms with van der Waals surface area (Å²) in [5.74, 6) is -0.276. The fraction of sp³-hybridized carbons (Fsp3) is 0.278. The number of carbonyl (C=O) groups is 1. The molecule has 0 bridgehead atoms. The molecular formula is C18H21N4O3+. The van der Waals surface area contributed by atoms with Gasteiger partial charge in [0.15, 0.2) is 0 Å². The van der Waals surface area contributed by atoms with Gasteiger partial charge in [-0.05, 0) is 18.2 Å². The first-order valence-corrected chi connectivity index (χ1v) is 8.25. The van der Waals surface area contributed by atoms with E-state index in [0.717, 1.165) is 31.9 Å². The standard InChI is InChI=1S/C18H20N4O3/c1-20-9-11-21(12-10-20)17-8-7-15(22(24)25)13-16(17)19-18(23)14-5-3-2-4-6-14/h2-8,13H,9-12H2,1H3,(H,19,23)/p+1. The van der Waals surface area contributed by atoms with Crippen LogP contribution in [0.5, 0.6) is 0 Å². The molecule has 0 spiro atoms. The second kappa shape index (κ2) is 7.31. The molecule has 0 unspecified atom stereocenters. The second-order valence-corrected chi connectivity index (χ2v) is 6.22. The summed E-state index contributed by atoms with van der Waals surface area (Å²) in [6.45, 7) is 3.67. The molecule has 2 aromatic rings. The number of non-ortho nitro benzene ring substituents is 1. The summed E-state index contributed by atoms with van der Waals surface area (Å²) in [7, 11) is 2.14. The minimum absolute atomic E-state index is 0.0353. The van der Waals surface area contributed by atoms with Gasteiger partial charge < -0.3 is 15.1 Å². The van der Waals surface area contributed by atoms with Gasteiger partial charge in [-0.15, -0.1) is 0 Å². The average Bonchev–Trinajstić information content (AvgIpc) is 2.63. The van der Waals surface area contributed by atoms with Crippen LogP contribution >= 0.6 is 0 Å². The average molecular weight is 341 g/mol. The number of likely N-dealkylation sites (N-methyl/N-ethyl adjacent to an activating group) is 1. The quantitative estimate of drug-likeness (QED) is 0.646. The van der Waals surface area contributed by atoms with E-state index >= 15 is 0 Å². The van der Waals surface area contributed by atoms with E-state index in [1.807, 2.05) is 6.07 Å². The summed E-state index contributed by atoms with van der Waals surface area (Å²) in [6.07, 6.45) is 0. The molecule has 0 atom stereocenters. The van der Waals surface area contributed by atoms with E-state index in [-0.39, 0.29) is 11.6 Å². The van der Waals surface area contributed by atoms with Gasteiger partial charge >= 0.3 is 0 Å². The number of nitrogens with one attached hydrogen (secondary N) is 2. The molecule has 2 aromatic carbocycles. The Morgan fingerprint density at radius 2 is 1.84 bits per heavy atom. The van der Waals surface area contributed by atoms with E-state index < -0.39 is 4.92 Å². The Kier molecular flexibility index (Phi) is 4.95. The van der Waals surface area contributed by atoms with Crippen LogP contribution in [-0.2, 0) is 0 Å². The highest BCUT2D eigenvalue weighted by molar-refractivity contribution is 6.06. The summed E-state index contributed by atoms with van der Waals surface area (Å²) in [5, 5.41) is 14.0. The molecular weight excluding hydrogens is 320 g/mol. The predicted molar refractivity (Wildman–Crippen MR) is 96.3 cm³/mol. The molecule has 1 fully saturated rings. The van der Waals surface area contributed by atoms with E-state index in [1.165, 1.54) is 17.0 Å². The summed E-state index contributed by atoms with van der Waals surface area (Å²) in [6, 6.07) is 13.5. The number of hydrogen-bond donors (Lipinski definition) is 2. The second-order valence-electron chi connectivity index (χ2n) is 6.22. The molecule has 7 nitrogen and oxygen atoms in total. The summed E-state index contributed by atoms with van der Waals surface area (Å²) in [4.78, 5) is 26.8. The molecule has 25 heavy (non-hydrogen) atoms. The topological polar surface area (TPSA) is 79.9 Å². The predicted octanol–water partition coefficient (Wildman–Crippen LogP) is 1.18. The zero-order valence-corrected chi connectivity index (χ0v) is 14.1. The Hall–Kier alpha value is -2.93. The lowest BCUT2D eigenvalue weighted by atomic mass is 10.1. The third-order valence-corrected chi connectivity index (χ3v) is 4.43. The molecule has 1 aliphatic heterocycles. The number of nitrogens with zero attached hydrogens (tertiary/aromatic N) is 2. The largest absolute Gasteiger partial charge is 0.359 e. The Labute approximate surface area is 146 Å². The lowest BCUT2D eigenvalue weighted by molar-refractivity contribution is -0.880. The maximum absolute atomic E-state index is 12.5. The van der Waals surface area contributed by atoms with Crippen molar-refractivity contribution in [1.29, 1.82) is 0 Å². The number of anilines is 2. The monoisotopic (exact) mass is 341 g/mol. The zero-order chi connectivity index (χ0) is 17.8.